The van der Waals surface area contributed by atoms with Crippen molar-refractivity contribution < 1.29 is 9.53 Å². The number of aromatic amines is 1. The molecule has 1 saturated carbocycles. The van der Waals surface area contributed by atoms with Crippen molar-refractivity contribution in [1.29, 1.82) is 0 Å². The van der Waals surface area contributed by atoms with Gasteiger partial charge in [0.15, 0.2) is 5.75 Å². The topological polar surface area (TPSA) is 80.2 Å². The Morgan fingerprint density at radius 3 is 2.78 bits per heavy atom. The summed E-state index contributed by atoms with van der Waals surface area (Å²) in [4.78, 5) is 29.6. The predicted molar refractivity (Wildman–Crippen MR) is 100 cm³/mol. The number of ether oxygens (including phenoxy) is 1. The van der Waals surface area contributed by atoms with E-state index < -0.39 is 0 Å². The number of amides is 1. The first-order valence-corrected chi connectivity index (χ1v) is 8.82. The van der Waals surface area contributed by atoms with Crippen LogP contribution in [-0.2, 0) is 6.54 Å². The van der Waals surface area contributed by atoms with E-state index in [-0.39, 0.29) is 28.8 Å². The average Bonchev–Trinajstić information content (AvgIpc) is 3.44. The maximum absolute atomic E-state index is 12.9. The Labute approximate surface area is 156 Å². The van der Waals surface area contributed by atoms with E-state index in [1.165, 1.54) is 19.4 Å². The lowest BCUT2D eigenvalue weighted by atomic mass is 10.2. The number of carbonyl (C=O) groups is 1. The minimum atomic E-state index is -0.313. The molecular weight excluding hydrogens is 344 g/mol. The van der Waals surface area contributed by atoms with Gasteiger partial charge in [-0.2, -0.15) is 5.10 Å². The Kier molecular flexibility index (Phi) is 4.50. The monoisotopic (exact) mass is 364 g/mol. The van der Waals surface area contributed by atoms with Gasteiger partial charge in [-0.15, -0.1) is 0 Å². The van der Waals surface area contributed by atoms with E-state index in [9.17, 15) is 9.59 Å². The number of rotatable bonds is 6. The first-order valence-electron chi connectivity index (χ1n) is 8.82. The number of methoxy groups -OCH3 is 1. The van der Waals surface area contributed by atoms with Crippen LogP contribution in [0.3, 0.4) is 0 Å². The zero-order valence-electron chi connectivity index (χ0n) is 15.0. The van der Waals surface area contributed by atoms with Crippen LogP contribution in [0.5, 0.6) is 5.75 Å². The van der Waals surface area contributed by atoms with Crippen molar-refractivity contribution in [2.45, 2.75) is 25.4 Å². The molecule has 3 aromatic rings. The summed E-state index contributed by atoms with van der Waals surface area (Å²) in [6.45, 7) is 0.449. The van der Waals surface area contributed by atoms with Gasteiger partial charge < -0.3 is 14.6 Å². The fraction of sp³-hybridized carbons (Fsp3) is 0.250. The normalized spacial score (nSPS) is 13.4. The van der Waals surface area contributed by atoms with Gasteiger partial charge in [0.25, 0.3) is 5.91 Å². The van der Waals surface area contributed by atoms with Crippen LogP contribution in [0.1, 0.15) is 28.9 Å². The number of pyridine rings is 1. The summed E-state index contributed by atoms with van der Waals surface area (Å²) in [6.07, 6.45) is 7.06. The molecule has 1 fully saturated rings. The molecule has 1 aliphatic carbocycles. The molecule has 0 unspecified atom stereocenters. The molecule has 0 aliphatic heterocycles. The van der Waals surface area contributed by atoms with E-state index in [4.69, 9.17) is 4.74 Å². The van der Waals surface area contributed by atoms with Gasteiger partial charge in [-0.05, 0) is 25.0 Å². The predicted octanol–water partition coefficient (Wildman–Crippen LogP) is 2.37. The molecule has 4 rings (SSSR count). The number of aromatic nitrogens is 3. The highest BCUT2D eigenvalue weighted by atomic mass is 16.5. The van der Waals surface area contributed by atoms with Gasteiger partial charge in [-0.3, -0.25) is 9.59 Å². The van der Waals surface area contributed by atoms with Gasteiger partial charge in [0, 0.05) is 36.6 Å². The quantitative estimate of drug-likeness (QED) is 0.728. The largest absolute Gasteiger partial charge is 0.491 e. The van der Waals surface area contributed by atoms with Gasteiger partial charge in [0.05, 0.1) is 19.0 Å². The smallest absolute Gasteiger partial charge is 0.270 e. The highest BCUT2D eigenvalue weighted by Crippen LogP contribution is 2.29. The number of nitrogens with one attached hydrogen (secondary N) is 1. The van der Waals surface area contributed by atoms with E-state index in [1.807, 2.05) is 36.5 Å². The van der Waals surface area contributed by atoms with E-state index in [2.05, 4.69) is 10.1 Å². The fourth-order valence-electron chi connectivity index (χ4n) is 3.01. The Morgan fingerprint density at radius 1 is 1.33 bits per heavy atom. The molecule has 7 nitrogen and oxygen atoms in total. The van der Waals surface area contributed by atoms with Crippen LogP contribution in [0.4, 0.5) is 0 Å². The molecule has 138 valence electrons. The molecule has 0 saturated heterocycles. The molecule has 0 atom stereocenters. The minimum Gasteiger partial charge on any atom is -0.491 e. The summed E-state index contributed by atoms with van der Waals surface area (Å²) >= 11 is 0. The molecule has 27 heavy (non-hydrogen) atoms. The minimum absolute atomic E-state index is 0.189. The fourth-order valence-corrected chi connectivity index (χ4v) is 3.01. The van der Waals surface area contributed by atoms with Gasteiger partial charge in [0.2, 0.25) is 5.43 Å². The van der Waals surface area contributed by atoms with E-state index in [0.29, 0.717) is 6.54 Å². The first-order chi connectivity index (χ1) is 13.2. The van der Waals surface area contributed by atoms with Crippen molar-refractivity contribution >= 4 is 5.91 Å². The lowest BCUT2D eigenvalue weighted by molar-refractivity contribution is 0.0723. The number of H-pyrrole nitrogens is 1. The molecule has 1 N–H and O–H groups in total. The van der Waals surface area contributed by atoms with Gasteiger partial charge >= 0.3 is 0 Å². The van der Waals surface area contributed by atoms with Crippen LogP contribution in [-0.4, -0.2) is 38.7 Å². The summed E-state index contributed by atoms with van der Waals surface area (Å²) < 4.78 is 6.75. The molecule has 1 amide bonds. The van der Waals surface area contributed by atoms with Crippen molar-refractivity contribution in [1.82, 2.24) is 19.7 Å². The Morgan fingerprint density at radius 2 is 2.11 bits per heavy atom. The molecule has 0 radical (unpaired) electrons. The molecule has 1 aromatic carbocycles. The highest BCUT2D eigenvalue weighted by molar-refractivity contribution is 5.92. The zero-order chi connectivity index (χ0) is 18.8. The number of benzene rings is 1. The van der Waals surface area contributed by atoms with Gasteiger partial charge in [-0.1, -0.05) is 18.2 Å². The van der Waals surface area contributed by atoms with Crippen molar-refractivity contribution in [3.05, 3.63) is 76.5 Å². The van der Waals surface area contributed by atoms with E-state index in [0.717, 1.165) is 24.1 Å². The molecule has 7 heteroatoms. The second-order valence-corrected chi connectivity index (χ2v) is 6.57. The van der Waals surface area contributed by atoms with Crippen molar-refractivity contribution in [3.8, 4) is 11.4 Å². The third-order valence-corrected chi connectivity index (χ3v) is 4.59. The van der Waals surface area contributed by atoms with E-state index >= 15 is 0 Å². The molecule has 2 heterocycles. The Balaban J connectivity index is 1.55. The third-order valence-electron chi connectivity index (χ3n) is 4.59. The second-order valence-electron chi connectivity index (χ2n) is 6.57. The van der Waals surface area contributed by atoms with E-state index in [1.54, 1.807) is 15.8 Å². The molecular formula is C20H20N4O3. The molecule has 0 spiro atoms. The number of carbonyl (C=O) groups excluding carboxylic acids is 1. The standard InChI is InChI=1S/C20H20N4O3/c1-27-19-11-21-17(9-18(19)25)20(26)23(15-7-8-15)12-14-10-22-24(13-14)16-5-3-2-4-6-16/h2-6,9-11,13,15H,7-8,12H2,1H3,(H,21,25). The maximum atomic E-state index is 12.9. The summed E-state index contributed by atoms with van der Waals surface area (Å²) in [6, 6.07) is 11.3. The second kappa shape index (κ2) is 7.11. The van der Waals surface area contributed by atoms with Crippen LogP contribution >= 0.6 is 0 Å². The first kappa shape index (κ1) is 17.1. The van der Waals surface area contributed by atoms with Crippen LogP contribution in [0.2, 0.25) is 0 Å². The molecule has 0 bridgehead atoms. The Bertz CT molecular complexity index is 1010. The summed E-state index contributed by atoms with van der Waals surface area (Å²) in [5.41, 5.74) is 1.86. The van der Waals surface area contributed by atoms with Crippen LogP contribution in [0.15, 0.2) is 59.8 Å². The summed E-state index contributed by atoms with van der Waals surface area (Å²) in [5, 5.41) is 4.39. The Hall–Kier alpha value is -3.35. The highest BCUT2D eigenvalue weighted by Gasteiger charge is 2.33. The third kappa shape index (κ3) is 3.62. The van der Waals surface area contributed by atoms with Crippen molar-refractivity contribution in [3.63, 3.8) is 0 Å². The lowest BCUT2D eigenvalue weighted by Gasteiger charge is -2.21. The molecule has 1 aliphatic rings. The average molecular weight is 364 g/mol. The summed E-state index contributed by atoms with van der Waals surface area (Å²) in [5.74, 6) is -0.00151. The zero-order valence-corrected chi connectivity index (χ0v) is 15.0. The SMILES string of the molecule is COc1c[nH]c(C(=O)N(Cc2cnn(-c3ccccc3)c2)C2CC2)cc1=O. The van der Waals surface area contributed by atoms with Crippen molar-refractivity contribution in [2.75, 3.05) is 7.11 Å². The number of hydrogen-bond acceptors (Lipinski definition) is 4. The van der Waals surface area contributed by atoms with Crippen molar-refractivity contribution in [2.24, 2.45) is 0 Å². The lowest BCUT2D eigenvalue weighted by Crippen LogP contribution is -2.33. The van der Waals surface area contributed by atoms with Crippen LogP contribution < -0.4 is 10.2 Å². The maximum Gasteiger partial charge on any atom is 0.270 e. The van der Waals surface area contributed by atoms with Gasteiger partial charge in [0.1, 0.15) is 5.69 Å². The number of nitrogens with zero attached hydrogens (tertiary/aromatic N) is 3. The van der Waals surface area contributed by atoms with Crippen LogP contribution in [0.25, 0.3) is 5.69 Å². The number of para-hydroxylation sites is 1. The van der Waals surface area contributed by atoms with Gasteiger partial charge in [-0.25, -0.2) is 4.68 Å². The van der Waals surface area contributed by atoms with Crippen LogP contribution in [0, 0.1) is 0 Å². The molecule has 2 aromatic heterocycles. The number of hydrogen-bond donors (Lipinski definition) is 1. The summed E-state index contributed by atoms with van der Waals surface area (Å²) in [7, 11) is 1.42.